The molecule has 1 aromatic rings. The van der Waals surface area contributed by atoms with Crippen LogP contribution in [0.1, 0.15) is 24.8 Å². The molecule has 3 aliphatic rings. The first-order chi connectivity index (χ1) is 11.3. The number of hydrazine groups is 1. The molecule has 2 N–H and O–H groups in total. The van der Waals surface area contributed by atoms with Gasteiger partial charge >= 0.3 is 0 Å². The fraction of sp³-hybridized carbons (Fsp3) is 0.706. The highest BCUT2D eigenvalue weighted by molar-refractivity contribution is 5.07. The summed E-state index contributed by atoms with van der Waals surface area (Å²) in [6.07, 6.45) is 7.22. The van der Waals surface area contributed by atoms with Gasteiger partial charge in [-0.2, -0.15) is 0 Å². The van der Waals surface area contributed by atoms with E-state index in [9.17, 15) is 0 Å². The van der Waals surface area contributed by atoms with E-state index in [0.717, 1.165) is 51.2 Å². The molecule has 23 heavy (non-hydrogen) atoms. The maximum Gasteiger partial charge on any atom is 0.0847 e. The van der Waals surface area contributed by atoms with Crippen LogP contribution in [0.3, 0.4) is 0 Å². The third kappa shape index (κ3) is 3.72. The lowest BCUT2D eigenvalue weighted by atomic mass is 9.98. The second-order valence-electron chi connectivity index (χ2n) is 7.03. The fourth-order valence-corrected chi connectivity index (χ4v) is 3.96. The van der Waals surface area contributed by atoms with Gasteiger partial charge in [-0.25, -0.2) is 0 Å². The van der Waals surface area contributed by atoms with Crippen LogP contribution in [0.25, 0.3) is 0 Å². The Kier molecular flexibility index (Phi) is 4.59. The lowest BCUT2D eigenvalue weighted by Crippen LogP contribution is -2.41. The quantitative estimate of drug-likeness (QED) is 0.833. The summed E-state index contributed by atoms with van der Waals surface area (Å²) >= 11 is 0. The van der Waals surface area contributed by atoms with E-state index in [1.807, 2.05) is 12.3 Å². The minimum Gasteiger partial charge on any atom is -0.371 e. The summed E-state index contributed by atoms with van der Waals surface area (Å²) in [5, 5.41) is 0. The van der Waals surface area contributed by atoms with Gasteiger partial charge in [-0.15, -0.1) is 0 Å². The molecule has 6 nitrogen and oxygen atoms in total. The number of likely N-dealkylation sites (tertiary alicyclic amines) is 1. The topological polar surface area (TPSA) is 58.7 Å². The molecule has 0 aliphatic carbocycles. The van der Waals surface area contributed by atoms with E-state index < -0.39 is 0 Å². The van der Waals surface area contributed by atoms with Crippen LogP contribution in [-0.4, -0.2) is 60.4 Å². The molecule has 3 saturated heterocycles. The molecule has 3 atom stereocenters. The van der Waals surface area contributed by atoms with Gasteiger partial charge in [0.1, 0.15) is 0 Å². The molecule has 3 unspecified atom stereocenters. The largest absolute Gasteiger partial charge is 0.371 e. The van der Waals surface area contributed by atoms with Crippen molar-refractivity contribution in [3.63, 3.8) is 0 Å². The van der Waals surface area contributed by atoms with Crippen LogP contribution < -0.4 is 10.9 Å². The van der Waals surface area contributed by atoms with Crippen LogP contribution in [0.15, 0.2) is 24.5 Å². The van der Waals surface area contributed by atoms with Crippen molar-refractivity contribution in [3.8, 4) is 0 Å². The maximum atomic E-state index is 6.18. The van der Waals surface area contributed by atoms with E-state index in [4.69, 9.17) is 9.47 Å². The predicted octanol–water partition coefficient (Wildman–Crippen LogP) is 0.698. The van der Waals surface area contributed by atoms with Gasteiger partial charge in [0.15, 0.2) is 0 Å². The summed E-state index contributed by atoms with van der Waals surface area (Å²) in [6.45, 7) is 5.70. The summed E-state index contributed by atoms with van der Waals surface area (Å²) in [5.74, 6) is 0. The minimum atomic E-state index is 0.0195. The highest BCUT2D eigenvalue weighted by atomic mass is 16.6. The van der Waals surface area contributed by atoms with E-state index in [2.05, 4.69) is 26.8 Å². The predicted molar refractivity (Wildman–Crippen MR) is 86.7 cm³/mol. The molecule has 126 valence electrons. The van der Waals surface area contributed by atoms with Crippen molar-refractivity contribution >= 4 is 0 Å². The Balaban J connectivity index is 1.25. The molecule has 0 bridgehead atoms. The third-order valence-corrected chi connectivity index (χ3v) is 5.18. The normalized spacial score (nSPS) is 34.6. The molecule has 0 aromatic carbocycles. The Hall–Kier alpha value is -1.05. The summed E-state index contributed by atoms with van der Waals surface area (Å²) < 4.78 is 12.2. The van der Waals surface area contributed by atoms with Gasteiger partial charge in [-0.1, -0.05) is 6.07 Å². The molecule has 0 amide bonds. The first-order valence-electron chi connectivity index (χ1n) is 8.67. The second-order valence-corrected chi connectivity index (χ2v) is 7.03. The smallest absolute Gasteiger partial charge is 0.0847 e. The molecule has 1 spiro atoms. The number of hydrogen-bond acceptors (Lipinski definition) is 6. The first kappa shape index (κ1) is 15.5. The van der Waals surface area contributed by atoms with Crippen molar-refractivity contribution < 1.29 is 9.47 Å². The number of rotatable bonds is 5. The van der Waals surface area contributed by atoms with Crippen LogP contribution in [0.4, 0.5) is 0 Å². The van der Waals surface area contributed by atoms with Crippen molar-refractivity contribution in [3.05, 3.63) is 30.1 Å². The van der Waals surface area contributed by atoms with Crippen LogP contribution in [0, 0.1) is 0 Å². The molecule has 0 saturated carbocycles. The van der Waals surface area contributed by atoms with E-state index in [1.165, 1.54) is 6.42 Å². The average molecular weight is 318 g/mol. The number of hydrogen-bond donors (Lipinski definition) is 2. The zero-order chi connectivity index (χ0) is 15.5. The van der Waals surface area contributed by atoms with Gasteiger partial charge in [0, 0.05) is 51.0 Å². The van der Waals surface area contributed by atoms with Crippen LogP contribution in [0.5, 0.6) is 0 Å². The lowest BCUT2D eigenvalue weighted by molar-refractivity contribution is -0.000397. The molecule has 4 heterocycles. The van der Waals surface area contributed by atoms with Gasteiger partial charge in [0.05, 0.1) is 24.9 Å². The highest BCUT2D eigenvalue weighted by Gasteiger charge is 2.46. The van der Waals surface area contributed by atoms with Crippen molar-refractivity contribution in [2.24, 2.45) is 0 Å². The van der Waals surface area contributed by atoms with E-state index in [1.54, 1.807) is 6.20 Å². The summed E-state index contributed by atoms with van der Waals surface area (Å²) in [7, 11) is 0. The van der Waals surface area contributed by atoms with Crippen LogP contribution in [-0.2, 0) is 16.1 Å². The lowest BCUT2D eigenvalue weighted by Gasteiger charge is -2.24. The van der Waals surface area contributed by atoms with Gasteiger partial charge in [-0.05, 0) is 24.5 Å². The van der Waals surface area contributed by atoms with Crippen molar-refractivity contribution in [2.75, 3.05) is 32.8 Å². The zero-order valence-electron chi connectivity index (χ0n) is 13.5. The highest BCUT2D eigenvalue weighted by Crippen LogP contribution is 2.36. The van der Waals surface area contributed by atoms with Gasteiger partial charge in [0.25, 0.3) is 0 Å². The number of pyridine rings is 1. The number of nitrogens with one attached hydrogen (secondary N) is 2. The fourth-order valence-electron chi connectivity index (χ4n) is 3.96. The van der Waals surface area contributed by atoms with Crippen molar-refractivity contribution in [2.45, 2.75) is 43.6 Å². The second kappa shape index (κ2) is 6.83. The molecular weight excluding hydrogens is 292 g/mol. The van der Waals surface area contributed by atoms with Crippen molar-refractivity contribution in [1.82, 2.24) is 20.7 Å². The maximum absolute atomic E-state index is 6.18. The Morgan fingerprint density at radius 2 is 2.48 bits per heavy atom. The molecule has 0 radical (unpaired) electrons. The van der Waals surface area contributed by atoms with Gasteiger partial charge in [0.2, 0.25) is 0 Å². The number of nitrogens with zero attached hydrogens (tertiary/aromatic N) is 2. The Morgan fingerprint density at radius 3 is 3.30 bits per heavy atom. The average Bonchev–Trinajstić information content (AvgIpc) is 3.31. The first-order valence-corrected chi connectivity index (χ1v) is 8.67. The molecule has 4 rings (SSSR count). The summed E-state index contributed by atoms with van der Waals surface area (Å²) in [5.41, 5.74) is 7.71. The summed E-state index contributed by atoms with van der Waals surface area (Å²) in [6, 6.07) is 4.58. The van der Waals surface area contributed by atoms with Crippen LogP contribution in [0.2, 0.25) is 0 Å². The Bertz CT molecular complexity index is 509. The molecule has 3 aliphatic heterocycles. The van der Waals surface area contributed by atoms with Crippen molar-refractivity contribution in [1.29, 1.82) is 0 Å². The molecular formula is C17H26N4O2. The van der Waals surface area contributed by atoms with Gasteiger partial charge < -0.3 is 9.47 Å². The van der Waals surface area contributed by atoms with E-state index in [0.29, 0.717) is 12.6 Å². The minimum absolute atomic E-state index is 0.0195. The van der Waals surface area contributed by atoms with E-state index in [-0.39, 0.29) is 11.7 Å². The zero-order valence-corrected chi connectivity index (χ0v) is 13.5. The monoisotopic (exact) mass is 318 g/mol. The number of aromatic nitrogens is 1. The number of ether oxygens (including phenoxy) is 2. The Morgan fingerprint density at radius 1 is 1.48 bits per heavy atom. The standard InChI is InChI=1S/C17H26N4O2/c1-2-14(9-18-5-1)11-22-16-8-17(23-12-16)4-7-21(13-17)10-15-3-6-19-20-15/h1-2,5,9,15-16,19-20H,3-4,6-8,10-13H2. The van der Waals surface area contributed by atoms with E-state index >= 15 is 0 Å². The van der Waals surface area contributed by atoms with Crippen LogP contribution >= 0.6 is 0 Å². The molecule has 6 heteroatoms. The molecule has 3 fully saturated rings. The SMILES string of the molecule is c1cncc(COC2COC3(CCN(CC4CCNN4)C3)C2)c1. The molecule has 1 aromatic heterocycles. The Labute approximate surface area is 137 Å². The third-order valence-electron chi connectivity index (χ3n) is 5.18. The summed E-state index contributed by atoms with van der Waals surface area (Å²) in [4.78, 5) is 6.67. The van der Waals surface area contributed by atoms with Gasteiger partial charge in [-0.3, -0.25) is 20.7 Å².